The van der Waals surface area contributed by atoms with Crippen molar-refractivity contribution in [1.82, 2.24) is 4.57 Å². The van der Waals surface area contributed by atoms with Crippen molar-refractivity contribution < 1.29 is 19.4 Å². The fourth-order valence-electron chi connectivity index (χ4n) is 2.68. The number of hydrogen-bond donors (Lipinski definition) is 1. The fraction of sp³-hybridized carbons (Fsp3) is 0.188. The van der Waals surface area contributed by atoms with E-state index >= 15 is 0 Å². The lowest BCUT2D eigenvalue weighted by Gasteiger charge is -2.11. The van der Waals surface area contributed by atoms with Crippen molar-refractivity contribution >= 4 is 22.5 Å². The van der Waals surface area contributed by atoms with E-state index in [0.29, 0.717) is 11.1 Å². The number of nitro groups is 2. The van der Waals surface area contributed by atoms with Gasteiger partial charge in [-0.05, 0) is 23.8 Å². The second-order valence-electron chi connectivity index (χ2n) is 5.70. The summed E-state index contributed by atoms with van der Waals surface area (Å²) >= 11 is 0. The molecule has 0 aliphatic carbocycles. The minimum atomic E-state index is -1.11. The molecule has 0 spiro atoms. The zero-order chi connectivity index (χ0) is 19.0. The second kappa shape index (κ2) is 6.41. The lowest BCUT2D eigenvalue weighted by atomic mass is 9.99. The molecule has 0 saturated heterocycles. The van der Waals surface area contributed by atoms with E-state index in [1.807, 2.05) is 0 Å². The number of aliphatic hydroxyl groups is 1. The molecule has 0 aliphatic heterocycles. The highest BCUT2D eigenvalue weighted by atomic mass is 16.6. The van der Waals surface area contributed by atoms with E-state index in [1.165, 1.54) is 41.9 Å². The molecule has 1 atom stereocenters. The third-order valence-corrected chi connectivity index (χ3v) is 4.09. The molecule has 1 unspecified atom stereocenters. The van der Waals surface area contributed by atoms with Gasteiger partial charge in [-0.25, -0.2) is 4.79 Å². The molecule has 0 amide bonds. The normalized spacial score (nSPS) is 12.2. The van der Waals surface area contributed by atoms with Gasteiger partial charge in [0, 0.05) is 31.2 Å². The largest absolute Gasteiger partial charge is 0.419 e. The highest BCUT2D eigenvalue weighted by Gasteiger charge is 2.22. The second-order valence-corrected chi connectivity index (χ2v) is 5.70. The molecule has 0 fully saturated rings. The van der Waals surface area contributed by atoms with Gasteiger partial charge in [-0.1, -0.05) is 0 Å². The van der Waals surface area contributed by atoms with Gasteiger partial charge in [-0.2, -0.15) is 0 Å². The summed E-state index contributed by atoms with van der Waals surface area (Å²) in [5.41, 5.74) is 0.634. The van der Waals surface area contributed by atoms with Crippen LogP contribution in [0.2, 0.25) is 0 Å². The fourth-order valence-corrected chi connectivity index (χ4v) is 2.68. The maximum absolute atomic E-state index is 11.6. The van der Waals surface area contributed by atoms with E-state index in [4.69, 9.17) is 4.42 Å². The van der Waals surface area contributed by atoms with Gasteiger partial charge in [0.15, 0.2) is 5.58 Å². The molecule has 10 heteroatoms. The van der Waals surface area contributed by atoms with Crippen LogP contribution in [-0.4, -0.2) is 19.5 Å². The molecule has 134 valence electrons. The molecule has 0 radical (unpaired) electrons. The smallest absolute Gasteiger partial charge is 0.407 e. The topological polar surface area (TPSA) is 142 Å². The number of aryl methyl sites for hydroxylation is 1. The van der Waals surface area contributed by atoms with Gasteiger partial charge in [0.2, 0.25) is 0 Å². The Bertz CT molecular complexity index is 1070. The number of rotatable bonds is 5. The highest BCUT2D eigenvalue weighted by Crippen LogP contribution is 2.30. The predicted molar refractivity (Wildman–Crippen MR) is 89.9 cm³/mol. The first kappa shape index (κ1) is 17.3. The number of non-ortho nitro benzene ring substituents is 1. The Hall–Kier alpha value is -3.53. The third kappa shape index (κ3) is 3.05. The Labute approximate surface area is 145 Å². The van der Waals surface area contributed by atoms with E-state index in [1.54, 1.807) is 0 Å². The van der Waals surface area contributed by atoms with Gasteiger partial charge in [-0.15, -0.1) is 0 Å². The number of nitrogens with zero attached hydrogens (tertiary/aromatic N) is 3. The maximum Gasteiger partial charge on any atom is 0.419 e. The van der Waals surface area contributed by atoms with Crippen molar-refractivity contribution in [3.63, 3.8) is 0 Å². The Morgan fingerprint density at radius 2 is 1.81 bits per heavy atom. The van der Waals surface area contributed by atoms with Crippen molar-refractivity contribution in [2.75, 3.05) is 0 Å². The predicted octanol–water partition coefficient (Wildman–Crippen LogP) is 2.22. The molecule has 10 nitrogen and oxygen atoms in total. The molecule has 2 aromatic carbocycles. The van der Waals surface area contributed by atoms with Crippen LogP contribution in [0.4, 0.5) is 11.4 Å². The Morgan fingerprint density at radius 3 is 2.38 bits per heavy atom. The van der Waals surface area contributed by atoms with Gasteiger partial charge in [-0.3, -0.25) is 24.8 Å². The van der Waals surface area contributed by atoms with E-state index in [-0.39, 0.29) is 28.9 Å². The first-order valence-corrected chi connectivity index (χ1v) is 7.47. The Morgan fingerprint density at radius 1 is 1.15 bits per heavy atom. The summed E-state index contributed by atoms with van der Waals surface area (Å²) < 4.78 is 6.16. The quantitative estimate of drug-likeness (QED) is 0.543. The van der Waals surface area contributed by atoms with Crippen molar-refractivity contribution in [2.24, 2.45) is 7.05 Å². The van der Waals surface area contributed by atoms with Crippen molar-refractivity contribution in [3.05, 3.63) is 78.3 Å². The zero-order valence-electron chi connectivity index (χ0n) is 13.5. The molecule has 3 aromatic rings. The minimum absolute atomic E-state index is 0.0813. The maximum atomic E-state index is 11.6. The van der Waals surface area contributed by atoms with Crippen LogP contribution < -0.4 is 5.76 Å². The standard InChI is InChI=1S/C16H13N3O7/c1-17-13-6-10(12(19(24)25)8-15(13)26-16(17)21)7-14(20)9-2-4-11(5-3-9)18(22)23/h2-6,8,14,20H,7H2,1H3. The van der Waals surface area contributed by atoms with Crippen molar-refractivity contribution in [2.45, 2.75) is 12.5 Å². The molecular formula is C16H13N3O7. The molecule has 0 saturated carbocycles. The van der Waals surface area contributed by atoms with Crippen molar-refractivity contribution in [1.29, 1.82) is 0 Å². The minimum Gasteiger partial charge on any atom is -0.407 e. The third-order valence-electron chi connectivity index (χ3n) is 4.09. The number of aliphatic hydroxyl groups excluding tert-OH is 1. The Balaban J connectivity index is 1.99. The number of fused-ring (bicyclic) bond motifs is 1. The Kier molecular flexibility index (Phi) is 4.26. The average Bonchev–Trinajstić information content (AvgIpc) is 2.88. The summed E-state index contributed by atoms with van der Waals surface area (Å²) in [5, 5.41) is 32.4. The molecule has 1 N–H and O–H groups in total. The summed E-state index contributed by atoms with van der Waals surface area (Å²) in [6, 6.07) is 7.84. The van der Waals surface area contributed by atoms with Crippen LogP contribution in [0.25, 0.3) is 11.1 Å². The van der Waals surface area contributed by atoms with Crippen LogP contribution in [0, 0.1) is 20.2 Å². The average molecular weight is 359 g/mol. The number of benzene rings is 2. The number of oxazole rings is 1. The molecule has 26 heavy (non-hydrogen) atoms. The monoisotopic (exact) mass is 359 g/mol. The molecule has 1 aromatic heterocycles. The number of hydrogen-bond acceptors (Lipinski definition) is 7. The van der Waals surface area contributed by atoms with Gasteiger partial charge in [0.25, 0.3) is 11.4 Å². The summed E-state index contributed by atoms with van der Waals surface area (Å²) in [6.07, 6.45) is -1.22. The van der Waals surface area contributed by atoms with Crippen LogP contribution in [-0.2, 0) is 13.5 Å². The van der Waals surface area contributed by atoms with Gasteiger partial charge < -0.3 is 9.52 Å². The van der Waals surface area contributed by atoms with Gasteiger partial charge in [0.05, 0.1) is 27.5 Å². The first-order valence-electron chi connectivity index (χ1n) is 7.47. The van der Waals surface area contributed by atoms with E-state index in [2.05, 4.69) is 0 Å². The lowest BCUT2D eigenvalue weighted by molar-refractivity contribution is -0.385. The first-order chi connectivity index (χ1) is 12.3. The number of aromatic nitrogens is 1. The van der Waals surface area contributed by atoms with Crippen LogP contribution >= 0.6 is 0 Å². The molecule has 0 bridgehead atoms. The van der Waals surface area contributed by atoms with Crippen LogP contribution in [0.3, 0.4) is 0 Å². The summed E-state index contributed by atoms with van der Waals surface area (Å²) in [4.78, 5) is 32.4. The lowest BCUT2D eigenvalue weighted by Crippen LogP contribution is -2.09. The van der Waals surface area contributed by atoms with E-state index in [9.17, 15) is 30.1 Å². The molecule has 0 aliphatic rings. The highest BCUT2D eigenvalue weighted by molar-refractivity contribution is 5.77. The van der Waals surface area contributed by atoms with E-state index < -0.39 is 21.7 Å². The molecule has 1 heterocycles. The van der Waals surface area contributed by atoms with Gasteiger partial charge >= 0.3 is 5.76 Å². The summed E-state index contributed by atoms with van der Waals surface area (Å²) in [6.45, 7) is 0. The molecular weight excluding hydrogens is 346 g/mol. The summed E-state index contributed by atoms with van der Waals surface area (Å²) in [5.74, 6) is -0.651. The van der Waals surface area contributed by atoms with E-state index in [0.717, 1.165) is 6.07 Å². The summed E-state index contributed by atoms with van der Waals surface area (Å²) in [7, 11) is 1.47. The number of nitro benzene ring substituents is 2. The van der Waals surface area contributed by atoms with Crippen LogP contribution in [0.1, 0.15) is 17.2 Å². The zero-order valence-corrected chi connectivity index (χ0v) is 13.5. The van der Waals surface area contributed by atoms with Crippen molar-refractivity contribution in [3.8, 4) is 0 Å². The SMILES string of the molecule is Cn1c(=O)oc2cc([N+](=O)[O-])c(CC(O)c3ccc([N+](=O)[O-])cc3)cc21. The van der Waals surface area contributed by atoms with Crippen LogP contribution in [0.5, 0.6) is 0 Å². The molecule has 3 rings (SSSR count). The van der Waals surface area contributed by atoms with Crippen LogP contribution in [0.15, 0.2) is 45.6 Å². The van der Waals surface area contributed by atoms with Gasteiger partial charge in [0.1, 0.15) is 0 Å².